The van der Waals surface area contributed by atoms with Gasteiger partial charge in [0.05, 0.1) is 26.0 Å². The smallest absolute Gasteiger partial charge is 0.287 e. The molecule has 0 bridgehead atoms. The molecule has 1 aliphatic heterocycles. The fourth-order valence-corrected chi connectivity index (χ4v) is 3.67. The van der Waals surface area contributed by atoms with E-state index in [0.29, 0.717) is 62.3 Å². The number of hydrogen-bond acceptors (Lipinski definition) is 8. The van der Waals surface area contributed by atoms with Gasteiger partial charge in [-0.15, -0.1) is 0 Å². The molecule has 0 unspecified atom stereocenters. The van der Waals surface area contributed by atoms with Crippen LogP contribution in [0.25, 0.3) is 28.2 Å². The number of benzene rings is 1. The van der Waals surface area contributed by atoms with Crippen LogP contribution < -0.4 is 10.2 Å². The summed E-state index contributed by atoms with van der Waals surface area (Å²) in [5.41, 5.74) is 3.01. The average molecular weight is 448 g/mol. The molecule has 1 amide bonds. The molecule has 170 valence electrons. The molecule has 0 spiro atoms. The first kappa shape index (κ1) is 21.1. The first-order valence-electron chi connectivity index (χ1n) is 10.7. The Balaban J connectivity index is 1.54. The molecule has 3 aromatic heterocycles. The summed E-state index contributed by atoms with van der Waals surface area (Å²) in [6, 6.07) is 11.6. The maximum atomic E-state index is 12.5. The third-order valence-corrected chi connectivity index (χ3v) is 5.36. The summed E-state index contributed by atoms with van der Waals surface area (Å²) in [5, 5.41) is 7.24. The normalized spacial score (nSPS) is 14.0. The van der Waals surface area contributed by atoms with Gasteiger partial charge in [-0.05, 0) is 5.56 Å². The van der Waals surface area contributed by atoms with Gasteiger partial charge in [0.1, 0.15) is 5.52 Å². The second kappa shape index (κ2) is 9.39. The van der Waals surface area contributed by atoms with Gasteiger partial charge in [0, 0.05) is 44.6 Å². The van der Waals surface area contributed by atoms with Gasteiger partial charge >= 0.3 is 0 Å². The number of nitrogens with one attached hydrogen (secondary N) is 1. The SMILES string of the molecule is COCCNC(=O)c1cc2nc(-n3cc(-c4ccccc4)cn3)nc(N3CCOCC3)c2o1. The number of amides is 1. The van der Waals surface area contributed by atoms with Crippen LogP contribution in [-0.4, -0.2) is 72.2 Å². The molecule has 4 heterocycles. The number of nitrogens with zero attached hydrogens (tertiary/aromatic N) is 5. The minimum Gasteiger partial charge on any atom is -0.445 e. The van der Waals surface area contributed by atoms with Gasteiger partial charge in [-0.3, -0.25) is 4.79 Å². The summed E-state index contributed by atoms with van der Waals surface area (Å²) in [6.07, 6.45) is 3.67. The minimum atomic E-state index is -0.329. The molecule has 0 aliphatic carbocycles. The van der Waals surface area contributed by atoms with Crippen LogP contribution in [0, 0.1) is 0 Å². The molecule has 5 rings (SSSR count). The number of ether oxygens (including phenoxy) is 2. The molecule has 10 nitrogen and oxygen atoms in total. The number of hydrogen-bond donors (Lipinski definition) is 1. The Morgan fingerprint density at radius 2 is 1.97 bits per heavy atom. The molecule has 1 saturated heterocycles. The van der Waals surface area contributed by atoms with Crippen LogP contribution in [0.4, 0.5) is 5.82 Å². The average Bonchev–Trinajstić information content (AvgIpc) is 3.52. The topological polar surface area (TPSA) is 108 Å². The van der Waals surface area contributed by atoms with E-state index >= 15 is 0 Å². The third kappa shape index (κ3) is 4.43. The number of aromatic nitrogens is 4. The van der Waals surface area contributed by atoms with E-state index in [4.69, 9.17) is 18.9 Å². The minimum absolute atomic E-state index is 0.174. The van der Waals surface area contributed by atoms with Crippen LogP contribution in [0.15, 0.2) is 53.2 Å². The summed E-state index contributed by atoms with van der Waals surface area (Å²) in [6.45, 7) is 3.30. The van der Waals surface area contributed by atoms with Crippen molar-refractivity contribution in [2.45, 2.75) is 0 Å². The number of carbonyl (C=O) groups excluding carboxylic acids is 1. The fourth-order valence-electron chi connectivity index (χ4n) is 3.67. The van der Waals surface area contributed by atoms with E-state index < -0.39 is 0 Å². The van der Waals surface area contributed by atoms with Crippen molar-refractivity contribution in [2.75, 3.05) is 51.5 Å². The van der Waals surface area contributed by atoms with Crippen LogP contribution in [-0.2, 0) is 9.47 Å². The van der Waals surface area contributed by atoms with E-state index in [1.54, 1.807) is 24.1 Å². The molecule has 0 saturated carbocycles. The highest BCUT2D eigenvalue weighted by atomic mass is 16.5. The van der Waals surface area contributed by atoms with Crippen molar-refractivity contribution >= 4 is 22.8 Å². The zero-order valence-corrected chi connectivity index (χ0v) is 18.2. The summed E-state index contributed by atoms with van der Waals surface area (Å²) in [7, 11) is 1.58. The maximum absolute atomic E-state index is 12.5. The Morgan fingerprint density at radius 3 is 2.76 bits per heavy atom. The first-order valence-corrected chi connectivity index (χ1v) is 10.7. The summed E-state index contributed by atoms with van der Waals surface area (Å²) < 4.78 is 18.0. The molecule has 33 heavy (non-hydrogen) atoms. The van der Waals surface area contributed by atoms with Crippen molar-refractivity contribution in [3.05, 3.63) is 54.6 Å². The van der Waals surface area contributed by atoms with Crippen LogP contribution in [0.1, 0.15) is 10.6 Å². The van der Waals surface area contributed by atoms with Crippen molar-refractivity contribution in [2.24, 2.45) is 0 Å². The highest BCUT2D eigenvalue weighted by Crippen LogP contribution is 2.29. The Kier molecular flexibility index (Phi) is 6.01. The van der Waals surface area contributed by atoms with Crippen molar-refractivity contribution in [1.82, 2.24) is 25.1 Å². The van der Waals surface area contributed by atoms with Gasteiger partial charge < -0.3 is 24.1 Å². The molecule has 10 heteroatoms. The second-order valence-corrected chi connectivity index (χ2v) is 7.56. The quantitative estimate of drug-likeness (QED) is 0.429. The van der Waals surface area contributed by atoms with Gasteiger partial charge in [-0.1, -0.05) is 30.3 Å². The van der Waals surface area contributed by atoms with Gasteiger partial charge in [-0.2, -0.15) is 10.1 Å². The number of anilines is 1. The Morgan fingerprint density at radius 1 is 1.15 bits per heavy atom. The van der Waals surface area contributed by atoms with Gasteiger partial charge in [-0.25, -0.2) is 9.67 Å². The van der Waals surface area contributed by atoms with Crippen molar-refractivity contribution in [3.63, 3.8) is 0 Å². The lowest BCUT2D eigenvalue weighted by Crippen LogP contribution is -2.37. The highest BCUT2D eigenvalue weighted by Gasteiger charge is 2.23. The van der Waals surface area contributed by atoms with Crippen LogP contribution in [0.5, 0.6) is 0 Å². The highest BCUT2D eigenvalue weighted by molar-refractivity contribution is 5.97. The van der Waals surface area contributed by atoms with E-state index in [0.717, 1.165) is 11.1 Å². The lowest BCUT2D eigenvalue weighted by atomic mass is 10.1. The van der Waals surface area contributed by atoms with Crippen molar-refractivity contribution < 1.29 is 18.7 Å². The molecule has 1 N–H and O–H groups in total. The molecule has 4 aromatic rings. The Labute approximate surface area is 190 Å². The number of rotatable bonds is 7. The summed E-state index contributed by atoms with van der Waals surface area (Å²) >= 11 is 0. The maximum Gasteiger partial charge on any atom is 0.287 e. The molecule has 1 aromatic carbocycles. The first-order chi connectivity index (χ1) is 16.2. The predicted octanol–water partition coefficient (Wildman–Crippen LogP) is 2.29. The summed E-state index contributed by atoms with van der Waals surface area (Å²) in [4.78, 5) is 24.0. The number of furan rings is 1. The molecular formula is C23H24N6O4. The van der Waals surface area contributed by atoms with E-state index in [1.165, 1.54) is 0 Å². The van der Waals surface area contributed by atoms with Crippen molar-refractivity contribution in [1.29, 1.82) is 0 Å². The zero-order chi connectivity index (χ0) is 22.6. The molecule has 1 aliphatic rings. The van der Waals surface area contributed by atoms with Crippen molar-refractivity contribution in [3.8, 4) is 17.1 Å². The largest absolute Gasteiger partial charge is 0.445 e. The number of carbonyl (C=O) groups is 1. The van der Waals surface area contributed by atoms with Gasteiger partial charge in [0.2, 0.25) is 0 Å². The van der Waals surface area contributed by atoms with Gasteiger partial charge in [0.25, 0.3) is 11.9 Å². The van der Waals surface area contributed by atoms with E-state index in [9.17, 15) is 4.79 Å². The van der Waals surface area contributed by atoms with Gasteiger partial charge in [0.15, 0.2) is 17.2 Å². The molecule has 1 fully saturated rings. The Bertz CT molecular complexity index is 1250. The molecular weight excluding hydrogens is 424 g/mol. The van der Waals surface area contributed by atoms with E-state index in [1.807, 2.05) is 36.5 Å². The Hall–Kier alpha value is -3.76. The summed E-state index contributed by atoms with van der Waals surface area (Å²) in [5.74, 6) is 0.863. The lowest BCUT2D eigenvalue weighted by molar-refractivity contribution is 0.0911. The predicted molar refractivity (Wildman–Crippen MR) is 122 cm³/mol. The molecule has 0 atom stereocenters. The van der Waals surface area contributed by atoms with Crippen LogP contribution in [0.2, 0.25) is 0 Å². The fraction of sp³-hybridized carbons (Fsp3) is 0.304. The van der Waals surface area contributed by atoms with E-state index in [2.05, 4.69) is 20.3 Å². The standard InChI is InChI=1S/C23H24N6O4/c1-31-10-7-24-22(30)19-13-18-20(33-19)21(28-8-11-32-12-9-28)27-23(26-18)29-15-17(14-25-29)16-5-3-2-4-6-16/h2-6,13-15H,7-12H2,1H3,(H,24,30). The monoisotopic (exact) mass is 448 g/mol. The zero-order valence-electron chi connectivity index (χ0n) is 18.2. The third-order valence-electron chi connectivity index (χ3n) is 5.36. The number of fused-ring (bicyclic) bond motifs is 1. The number of morpholine rings is 1. The van der Waals surface area contributed by atoms with Crippen LogP contribution in [0.3, 0.4) is 0 Å². The van der Waals surface area contributed by atoms with E-state index in [-0.39, 0.29) is 11.7 Å². The second-order valence-electron chi connectivity index (χ2n) is 7.56. The number of methoxy groups -OCH3 is 1. The lowest BCUT2D eigenvalue weighted by Gasteiger charge is -2.27. The van der Waals surface area contributed by atoms with Crippen LogP contribution >= 0.6 is 0 Å². The molecule has 0 radical (unpaired) electrons.